The first-order valence-corrected chi connectivity index (χ1v) is 22.1. The summed E-state index contributed by atoms with van der Waals surface area (Å²) in [5.74, 6) is 0.803. The molecule has 3 aromatic carbocycles. The summed E-state index contributed by atoms with van der Waals surface area (Å²) in [6.45, 7) is 8.41. The van der Waals surface area contributed by atoms with Crippen LogP contribution in [0.3, 0.4) is 0 Å². The first-order chi connectivity index (χ1) is 29.8. The van der Waals surface area contributed by atoms with Gasteiger partial charge in [0.05, 0.1) is 38.2 Å². The summed E-state index contributed by atoms with van der Waals surface area (Å²) < 4.78 is 9.67. The average molecular weight is 840 g/mol. The monoisotopic (exact) mass is 839 g/mol. The first-order valence-electron chi connectivity index (χ1n) is 22.1. The third-order valence-electron chi connectivity index (χ3n) is 14.1. The van der Waals surface area contributed by atoms with E-state index >= 15 is 0 Å². The van der Waals surface area contributed by atoms with Crippen LogP contribution in [0, 0.1) is 23.2 Å². The molecular weight excluding hydrogens is 783 g/mol. The van der Waals surface area contributed by atoms with E-state index in [1.807, 2.05) is 49.9 Å². The molecule has 2 saturated heterocycles. The minimum absolute atomic E-state index is 0.0507. The number of nitrogens with one attached hydrogen (secondary N) is 3. The number of hydrogen-bond donors (Lipinski definition) is 3. The SMILES string of the molecule is COC(=O)N[C@H](C(=O)N1CC2(CC2)C[C@H]1c1ncc(-c2ccc3cc(-c4ccc(C5=CN=C([C@@H]6[C@H]7CC[C@H](C7)N6C(=O)[C@@H](NC(=O)OC)C(C)C)C5)cc4)ccc3c2)[nH]1)C(C)C. The predicted molar refractivity (Wildman–Crippen MR) is 238 cm³/mol. The lowest BCUT2D eigenvalue weighted by atomic mass is 9.89. The van der Waals surface area contributed by atoms with E-state index in [2.05, 4.69) is 76.3 Å². The third-order valence-corrected chi connectivity index (χ3v) is 14.1. The molecule has 2 aliphatic carbocycles. The Labute approximate surface area is 362 Å². The van der Waals surface area contributed by atoms with Gasteiger partial charge in [0.2, 0.25) is 11.8 Å². The molecule has 5 aliphatic rings. The molecule has 13 heteroatoms. The second-order valence-electron chi connectivity index (χ2n) is 18.8. The number of likely N-dealkylation sites (tertiary alicyclic amines) is 2. The van der Waals surface area contributed by atoms with E-state index in [-0.39, 0.29) is 47.2 Å². The van der Waals surface area contributed by atoms with E-state index in [0.29, 0.717) is 18.9 Å². The van der Waals surface area contributed by atoms with Gasteiger partial charge in [-0.1, -0.05) is 76.2 Å². The van der Waals surface area contributed by atoms with Gasteiger partial charge in [-0.15, -0.1) is 0 Å². The van der Waals surface area contributed by atoms with E-state index in [0.717, 1.165) is 94.4 Å². The van der Waals surface area contributed by atoms with Crippen LogP contribution in [0.1, 0.15) is 90.1 Å². The summed E-state index contributed by atoms with van der Waals surface area (Å²) in [5, 5.41) is 7.77. The molecule has 3 N–H and O–H groups in total. The number of imidazole rings is 1. The van der Waals surface area contributed by atoms with Gasteiger partial charge in [0.15, 0.2) is 0 Å². The Morgan fingerprint density at radius 1 is 0.790 bits per heavy atom. The van der Waals surface area contributed by atoms with Crippen LogP contribution in [0.4, 0.5) is 9.59 Å². The van der Waals surface area contributed by atoms with Crippen LogP contribution in [0.5, 0.6) is 0 Å². The van der Waals surface area contributed by atoms with Crippen molar-refractivity contribution >= 4 is 46.1 Å². The van der Waals surface area contributed by atoms with Crippen LogP contribution < -0.4 is 10.6 Å². The van der Waals surface area contributed by atoms with Crippen molar-refractivity contribution < 1.29 is 28.7 Å². The van der Waals surface area contributed by atoms with Crippen molar-refractivity contribution in [1.82, 2.24) is 30.4 Å². The molecule has 9 rings (SSSR count). The number of fused-ring (bicyclic) bond motifs is 3. The van der Waals surface area contributed by atoms with Gasteiger partial charge in [-0.05, 0) is 107 Å². The smallest absolute Gasteiger partial charge is 0.407 e. The zero-order chi connectivity index (χ0) is 43.4. The predicted octanol–water partition coefficient (Wildman–Crippen LogP) is 8.28. The molecule has 3 aliphatic heterocycles. The molecule has 6 atom stereocenters. The van der Waals surface area contributed by atoms with Crippen molar-refractivity contribution in [3.05, 3.63) is 84.4 Å². The van der Waals surface area contributed by atoms with E-state index in [1.165, 1.54) is 14.2 Å². The molecule has 2 bridgehead atoms. The highest BCUT2D eigenvalue weighted by Crippen LogP contribution is 2.58. The lowest BCUT2D eigenvalue weighted by Crippen LogP contribution is -2.57. The normalized spacial score (nSPS) is 23.2. The Morgan fingerprint density at radius 2 is 1.40 bits per heavy atom. The lowest BCUT2D eigenvalue weighted by molar-refractivity contribution is -0.137. The lowest BCUT2D eigenvalue weighted by Gasteiger charge is -2.38. The summed E-state index contributed by atoms with van der Waals surface area (Å²) in [7, 11) is 2.63. The van der Waals surface area contributed by atoms with Crippen LogP contribution in [0.25, 0.3) is 38.7 Å². The molecule has 13 nitrogen and oxygen atoms in total. The van der Waals surface area contributed by atoms with Gasteiger partial charge in [-0.3, -0.25) is 14.6 Å². The summed E-state index contributed by atoms with van der Waals surface area (Å²) in [5.41, 5.74) is 7.54. The van der Waals surface area contributed by atoms with Crippen molar-refractivity contribution in [2.45, 2.75) is 103 Å². The van der Waals surface area contributed by atoms with Gasteiger partial charge < -0.3 is 34.9 Å². The Bertz CT molecular complexity index is 2470. The summed E-state index contributed by atoms with van der Waals surface area (Å²) in [6.07, 6.45) is 9.37. The number of amides is 4. The number of hydrogen-bond acceptors (Lipinski definition) is 8. The maximum atomic E-state index is 14.0. The van der Waals surface area contributed by atoms with Crippen molar-refractivity contribution in [3.8, 4) is 22.4 Å². The van der Waals surface area contributed by atoms with Crippen molar-refractivity contribution in [2.75, 3.05) is 20.8 Å². The standard InChI is InChI=1S/C49H57N7O6/c1-27(2)41(53-47(59)61-5)45(57)55-26-49(17-18-49)23-40(55)44-51-25-39(52-44)34-14-13-32-19-31(11-12-33(32)20-34)29-7-9-30(10-8-29)36-22-38(50-24-36)43-35-15-16-37(21-35)56(43)46(58)42(28(3)4)54-48(60)62-6/h7-14,19-20,24-25,27-28,35,37,40-43H,15-18,21-23,26H2,1-6H3,(H,51,52)(H,53,59)(H,54,60)/t35-,37+,40-,41-,42-,43-/m0/s1. The molecule has 4 aromatic rings. The number of H-pyrrole nitrogens is 1. The second kappa shape index (κ2) is 16.4. The summed E-state index contributed by atoms with van der Waals surface area (Å²) in [4.78, 5) is 69.4. The Balaban J connectivity index is 0.867. The zero-order valence-electron chi connectivity index (χ0n) is 36.4. The molecule has 324 valence electrons. The van der Waals surface area contributed by atoms with E-state index in [4.69, 9.17) is 19.5 Å². The quantitative estimate of drug-likeness (QED) is 0.137. The van der Waals surface area contributed by atoms with Crippen LogP contribution in [-0.4, -0.2) is 94.4 Å². The highest BCUT2D eigenvalue weighted by Gasteiger charge is 2.55. The van der Waals surface area contributed by atoms with Crippen LogP contribution in [0.2, 0.25) is 0 Å². The topological polar surface area (TPSA) is 158 Å². The number of methoxy groups -OCH3 is 2. The number of alkyl carbamates (subject to hydrolysis) is 2. The maximum Gasteiger partial charge on any atom is 0.407 e. The third kappa shape index (κ3) is 7.75. The van der Waals surface area contributed by atoms with E-state index < -0.39 is 24.3 Å². The highest BCUT2D eigenvalue weighted by molar-refractivity contribution is 6.04. The minimum atomic E-state index is -0.684. The summed E-state index contributed by atoms with van der Waals surface area (Å²) in [6, 6.07) is 20.1. The molecule has 0 unspecified atom stereocenters. The van der Waals surface area contributed by atoms with Crippen molar-refractivity contribution in [2.24, 2.45) is 28.2 Å². The first kappa shape index (κ1) is 41.4. The fourth-order valence-corrected chi connectivity index (χ4v) is 10.5. The number of nitrogens with zero attached hydrogens (tertiary/aromatic N) is 4. The fourth-order valence-electron chi connectivity index (χ4n) is 10.5. The Morgan fingerprint density at radius 3 is 2.05 bits per heavy atom. The molecule has 4 heterocycles. The minimum Gasteiger partial charge on any atom is -0.453 e. The molecule has 62 heavy (non-hydrogen) atoms. The average Bonchev–Trinajstić information content (AvgIpc) is 3.91. The molecular formula is C49H57N7O6. The van der Waals surface area contributed by atoms with Gasteiger partial charge in [0.1, 0.15) is 17.9 Å². The number of benzene rings is 3. The number of allylic oxidation sites excluding steroid dienone is 1. The number of rotatable bonds is 11. The van der Waals surface area contributed by atoms with Crippen LogP contribution in [-0.2, 0) is 19.1 Å². The summed E-state index contributed by atoms with van der Waals surface area (Å²) >= 11 is 0. The molecule has 2 saturated carbocycles. The Kier molecular flexibility index (Phi) is 10.9. The number of aromatic nitrogens is 2. The van der Waals surface area contributed by atoms with E-state index in [1.54, 1.807) is 0 Å². The van der Waals surface area contributed by atoms with Gasteiger partial charge >= 0.3 is 12.2 Å². The van der Waals surface area contributed by atoms with Gasteiger partial charge in [-0.25, -0.2) is 14.6 Å². The number of carbonyl (C=O) groups excluding carboxylic acids is 4. The van der Waals surface area contributed by atoms with E-state index in [9.17, 15) is 19.2 Å². The number of aromatic amines is 1. The number of piperidine rings is 1. The van der Waals surface area contributed by atoms with Gasteiger partial charge in [0.25, 0.3) is 0 Å². The molecule has 1 aromatic heterocycles. The second-order valence-corrected chi connectivity index (χ2v) is 18.8. The van der Waals surface area contributed by atoms with Crippen molar-refractivity contribution in [1.29, 1.82) is 0 Å². The van der Waals surface area contributed by atoms with Crippen molar-refractivity contribution in [3.63, 3.8) is 0 Å². The van der Waals surface area contributed by atoms with Gasteiger partial charge in [0, 0.05) is 36.5 Å². The Hall–Kier alpha value is -5.98. The molecule has 1 spiro atoms. The number of carbonyl (C=O) groups is 4. The number of aliphatic imine (C=N–C) groups is 1. The fraction of sp³-hybridized carbons (Fsp3) is 0.469. The van der Waals surface area contributed by atoms with Gasteiger partial charge in [-0.2, -0.15) is 0 Å². The maximum absolute atomic E-state index is 14.0. The largest absolute Gasteiger partial charge is 0.453 e. The number of ether oxygens (including phenoxy) is 2. The molecule has 4 amide bonds. The van der Waals surface area contributed by atoms with Crippen LogP contribution >= 0.6 is 0 Å². The molecule has 4 fully saturated rings. The van der Waals surface area contributed by atoms with Crippen LogP contribution in [0.15, 0.2) is 78.1 Å². The zero-order valence-corrected chi connectivity index (χ0v) is 36.4. The molecule has 0 radical (unpaired) electrons. The highest BCUT2D eigenvalue weighted by atomic mass is 16.5.